The lowest BCUT2D eigenvalue weighted by atomic mass is 9.84. The van der Waals surface area contributed by atoms with Crippen molar-refractivity contribution in [1.82, 2.24) is 10.6 Å². The van der Waals surface area contributed by atoms with Crippen LogP contribution in [0.2, 0.25) is 0 Å². The van der Waals surface area contributed by atoms with Crippen molar-refractivity contribution in [3.63, 3.8) is 0 Å². The summed E-state index contributed by atoms with van der Waals surface area (Å²) >= 11 is 0. The molecule has 2 atom stereocenters. The number of aliphatic imine (C=N–C) groups is 1. The van der Waals surface area contributed by atoms with Crippen molar-refractivity contribution in [2.24, 2.45) is 10.9 Å². The summed E-state index contributed by atoms with van der Waals surface area (Å²) in [7, 11) is 0. The van der Waals surface area contributed by atoms with Crippen LogP contribution in [-0.2, 0) is 6.54 Å². The molecule has 5 heteroatoms. The van der Waals surface area contributed by atoms with Crippen LogP contribution in [-0.4, -0.2) is 23.7 Å². The quantitative estimate of drug-likeness (QED) is 0.375. The molecule has 0 spiro atoms. The lowest BCUT2D eigenvalue weighted by molar-refractivity contribution is 0.298. The molecule has 1 aliphatic rings. The van der Waals surface area contributed by atoms with Gasteiger partial charge in [0.2, 0.25) is 0 Å². The highest BCUT2D eigenvalue weighted by atomic mass is 127. The fraction of sp³-hybridized carbons (Fsp3) is 0.611. The van der Waals surface area contributed by atoms with Gasteiger partial charge in [-0.2, -0.15) is 0 Å². The molecule has 1 saturated carbocycles. The van der Waals surface area contributed by atoms with Crippen LogP contribution in [0.25, 0.3) is 0 Å². The predicted molar refractivity (Wildman–Crippen MR) is 108 cm³/mol. The highest BCUT2D eigenvalue weighted by molar-refractivity contribution is 14.0. The van der Waals surface area contributed by atoms with Crippen LogP contribution in [0, 0.1) is 5.92 Å². The standard InChI is InChI=1S/C18H29N3O.HI/c1-3-14-7-5-9-16(11-14)21-18(19-4-2)20-13-15-8-6-10-17(22)12-15;/h6,8,10,12,14,16,22H,3-5,7,9,11,13H2,1-2H3,(H2,19,20,21);1H. The molecule has 1 fully saturated rings. The second-order valence-electron chi connectivity index (χ2n) is 6.15. The number of hydrogen-bond acceptors (Lipinski definition) is 2. The second-order valence-corrected chi connectivity index (χ2v) is 6.15. The molecule has 0 bridgehead atoms. The van der Waals surface area contributed by atoms with E-state index in [0.29, 0.717) is 18.3 Å². The highest BCUT2D eigenvalue weighted by Crippen LogP contribution is 2.26. The zero-order valence-corrected chi connectivity index (χ0v) is 16.5. The lowest BCUT2D eigenvalue weighted by Gasteiger charge is -2.30. The third kappa shape index (κ3) is 6.97. The van der Waals surface area contributed by atoms with Crippen molar-refractivity contribution >= 4 is 29.9 Å². The number of phenols is 1. The Balaban J connectivity index is 0.00000264. The molecule has 0 heterocycles. The summed E-state index contributed by atoms with van der Waals surface area (Å²) in [5, 5.41) is 16.4. The van der Waals surface area contributed by atoms with Gasteiger partial charge in [0.25, 0.3) is 0 Å². The topological polar surface area (TPSA) is 56.7 Å². The average Bonchev–Trinajstić information content (AvgIpc) is 2.53. The number of hydrogen-bond donors (Lipinski definition) is 3. The minimum atomic E-state index is 0. The summed E-state index contributed by atoms with van der Waals surface area (Å²) in [4.78, 5) is 4.65. The van der Waals surface area contributed by atoms with E-state index in [1.54, 1.807) is 12.1 Å². The average molecular weight is 431 g/mol. The summed E-state index contributed by atoms with van der Waals surface area (Å²) in [6, 6.07) is 7.82. The van der Waals surface area contributed by atoms with Crippen LogP contribution in [0.1, 0.15) is 51.5 Å². The summed E-state index contributed by atoms with van der Waals surface area (Å²) in [6.07, 6.45) is 6.42. The molecule has 1 aliphatic carbocycles. The Morgan fingerprint density at radius 3 is 2.83 bits per heavy atom. The molecule has 0 aromatic heterocycles. The van der Waals surface area contributed by atoms with E-state index in [1.165, 1.54) is 32.1 Å². The predicted octanol–water partition coefficient (Wildman–Crippen LogP) is 4.03. The SMILES string of the molecule is CCNC(=NCc1cccc(O)c1)NC1CCCC(CC)C1.I. The molecule has 1 aromatic carbocycles. The van der Waals surface area contributed by atoms with Crippen molar-refractivity contribution in [3.05, 3.63) is 29.8 Å². The van der Waals surface area contributed by atoms with Crippen LogP contribution in [0.3, 0.4) is 0 Å². The molecule has 0 aliphatic heterocycles. The first kappa shape index (κ1) is 20.1. The number of nitrogens with one attached hydrogen (secondary N) is 2. The molecule has 0 amide bonds. The van der Waals surface area contributed by atoms with Gasteiger partial charge in [0.1, 0.15) is 5.75 Å². The van der Waals surface area contributed by atoms with Crippen LogP contribution >= 0.6 is 24.0 Å². The Kier molecular flexibility index (Phi) is 9.36. The van der Waals surface area contributed by atoms with E-state index >= 15 is 0 Å². The minimum Gasteiger partial charge on any atom is -0.508 e. The van der Waals surface area contributed by atoms with E-state index in [4.69, 9.17) is 0 Å². The maximum absolute atomic E-state index is 9.52. The number of guanidine groups is 1. The van der Waals surface area contributed by atoms with Crippen molar-refractivity contribution in [2.75, 3.05) is 6.54 Å². The van der Waals surface area contributed by atoms with Gasteiger partial charge >= 0.3 is 0 Å². The number of nitrogens with zero attached hydrogens (tertiary/aromatic N) is 1. The Morgan fingerprint density at radius 2 is 2.13 bits per heavy atom. The van der Waals surface area contributed by atoms with E-state index in [0.717, 1.165) is 24.0 Å². The number of phenolic OH excluding ortho intramolecular Hbond substituents is 1. The Bertz CT molecular complexity index is 493. The van der Waals surface area contributed by atoms with E-state index in [2.05, 4.69) is 29.5 Å². The van der Waals surface area contributed by atoms with Gasteiger partial charge in [-0.1, -0.05) is 38.3 Å². The number of rotatable bonds is 5. The van der Waals surface area contributed by atoms with Crippen molar-refractivity contribution < 1.29 is 5.11 Å². The number of benzene rings is 1. The maximum atomic E-state index is 9.52. The second kappa shape index (κ2) is 10.7. The van der Waals surface area contributed by atoms with Crippen molar-refractivity contribution in [2.45, 2.75) is 58.5 Å². The van der Waals surface area contributed by atoms with E-state index in [9.17, 15) is 5.11 Å². The first-order valence-electron chi connectivity index (χ1n) is 8.54. The van der Waals surface area contributed by atoms with Gasteiger partial charge in [0, 0.05) is 12.6 Å². The Morgan fingerprint density at radius 1 is 1.30 bits per heavy atom. The first-order valence-corrected chi connectivity index (χ1v) is 8.54. The van der Waals surface area contributed by atoms with Gasteiger partial charge in [-0.25, -0.2) is 4.99 Å². The van der Waals surface area contributed by atoms with Crippen molar-refractivity contribution in [3.8, 4) is 5.75 Å². The Labute approximate surface area is 157 Å². The van der Waals surface area contributed by atoms with Gasteiger partial charge < -0.3 is 15.7 Å². The molecule has 1 aromatic rings. The molecular weight excluding hydrogens is 401 g/mol. The molecule has 4 nitrogen and oxygen atoms in total. The normalized spacial score (nSPS) is 21.4. The summed E-state index contributed by atoms with van der Waals surface area (Å²) in [6.45, 7) is 5.80. The van der Waals surface area contributed by atoms with E-state index < -0.39 is 0 Å². The molecule has 3 N–H and O–H groups in total. The number of aromatic hydroxyl groups is 1. The zero-order chi connectivity index (χ0) is 15.8. The molecule has 0 saturated heterocycles. The lowest BCUT2D eigenvalue weighted by Crippen LogP contribution is -2.45. The van der Waals surface area contributed by atoms with Crippen molar-refractivity contribution in [1.29, 1.82) is 0 Å². The molecule has 2 rings (SSSR count). The third-order valence-corrected chi connectivity index (χ3v) is 4.38. The maximum Gasteiger partial charge on any atom is 0.191 e. The first-order chi connectivity index (χ1) is 10.7. The summed E-state index contributed by atoms with van der Waals surface area (Å²) < 4.78 is 0. The summed E-state index contributed by atoms with van der Waals surface area (Å²) in [5.41, 5.74) is 1.02. The van der Waals surface area contributed by atoms with E-state index in [-0.39, 0.29) is 24.0 Å². The minimum absolute atomic E-state index is 0. The van der Waals surface area contributed by atoms with Gasteiger partial charge in [-0.15, -0.1) is 24.0 Å². The summed E-state index contributed by atoms with van der Waals surface area (Å²) in [5.74, 6) is 2.02. The molecule has 0 radical (unpaired) electrons. The molecular formula is C18H30IN3O. The van der Waals surface area contributed by atoms with Gasteiger partial charge in [0.15, 0.2) is 5.96 Å². The number of halogens is 1. The van der Waals surface area contributed by atoms with Crippen LogP contribution in [0.4, 0.5) is 0 Å². The van der Waals surface area contributed by atoms with Crippen LogP contribution in [0.5, 0.6) is 5.75 Å². The molecule has 2 unspecified atom stereocenters. The largest absolute Gasteiger partial charge is 0.508 e. The third-order valence-electron chi connectivity index (χ3n) is 4.38. The van der Waals surface area contributed by atoms with Crippen LogP contribution in [0.15, 0.2) is 29.3 Å². The van der Waals surface area contributed by atoms with Crippen LogP contribution < -0.4 is 10.6 Å². The monoisotopic (exact) mass is 431 g/mol. The molecule has 23 heavy (non-hydrogen) atoms. The van der Waals surface area contributed by atoms with Gasteiger partial charge in [-0.3, -0.25) is 0 Å². The van der Waals surface area contributed by atoms with E-state index in [1.807, 2.05) is 12.1 Å². The fourth-order valence-corrected chi connectivity index (χ4v) is 3.13. The zero-order valence-electron chi connectivity index (χ0n) is 14.2. The fourth-order valence-electron chi connectivity index (χ4n) is 3.13. The van der Waals surface area contributed by atoms with Gasteiger partial charge in [-0.05, 0) is 43.4 Å². The highest BCUT2D eigenvalue weighted by Gasteiger charge is 2.21. The van der Waals surface area contributed by atoms with Gasteiger partial charge in [0.05, 0.1) is 6.54 Å². The smallest absolute Gasteiger partial charge is 0.191 e. The Hall–Kier alpha value is -0.980. The molecule has 130 valence electrons.